The van der Waals surface area contributed by atoms with Crippen molar-refractivity contribution in [3.8, 4) is 0 Å². The highest BCUT2D eigenvalue weighted by Gasteiger charge is 1.95. The Morgan fingerprint density at radius 2 is 2.00 bits per heavy atom. The van der Waals surface area contributed by atoms with Crippen molar-refractivity contribution < 1.29 is 4.79 Å². The van der Waals surface area contributed by atoms with Gasteiger partial charge in [0.1, 0.15) is 0 Å². The Bertz CT molecular complexity index is 281. The molecule has 0 spiro atoms. The number of carbonyl (C=O) groups is 1. The minimum Gasteiger partial charge on any atom is -0.326 e. The molecule has 0 saturated carbocycles. The first-order valence-electron chi connectivity index (χ1n) is 4.15. The summed E-state index contributed by atoms with van der Waals surface area (Å²) in [6.45, 7) is 1.51. The van der Waals surface area contributed by atoms with Crippen LogP contribution in [0.4, 0.5) is 5.69 Å². The van der Waals surface area contributed by atoms with Crippen LogP contribution in [0.25, 0.3) is 0 Å². The summed E-state index contributed by atoms with van der Waals surface area (Å²) >= 11 is 2.35. The number of aryl methyl sites for hydroxylation is 1. The molecule has 1 N–H and O–H groups in total. The Hall–Kier alpha value is -0.580. The quantitative estimate of drug-likeness (QED) is 0.672. The van der Waals surface area contributed by atoms with Gasteiger partial charge in [-0.15, -0.1) is 0 Å². The van der Waals surface area contributed by atoms with Crippen molar-refractivity contribution in [1.29, 1.82) is 0 Å². The number of hydrogen-bond acceptors (Lipinski definition) is 1. The normalized spacial score (nSPS) is 9.69. The number of hydrogen-bond donors (Lipinski definition) is 1. The van der Waals surface area contributed by atoms with Gasteiger partial charge in [0.2, 0.25) is 5.91 Å². The summed E-state index contributed by atoms with van der Waals surface area (Å²) in [7, 11) is 0. The van der Waals surface area contributed by atoms with Crippen molar-refractivity contribution in [3.63, 3.8) is 0 Å². The number of carbonyl (C=O) groups excluding carboxylic acids is 1. The highest BCUT2D eigenvalue weighted by atomic mass is 127. The first-order chi connectivity index (χ1) is 6.22. The lowest BCUT2D eigenvalue weighted by molar-refractivity contribution is -0.114. The summed E-state index contributed by atoms with van der Waals surface area (Å²) in [6.07, 6.45) is 1.08. The molecule has 0 radical (unpaired) electrons. The molecule has 0 heterocycles. The van der Waals surface area contributed by atoms with E-state index < -0.39 is 0 Å². The number of amides is 1. The molecule has 0 unspecified atom stereocenters. The van der Waals surface area contributed by atoms with Crippen LogP contribution in [0.1, 0.15) is 12.5 Å². The fourth-order valence-electron chi connectivity index (χ4n) is 1.07. The average molecular weight is 289 g/mol. The predicted octanol–water partition coefficient (Wildman–Crippen LogP) is 2.62. The van der Waals surface area contributed by atoms with E-state index >= 15 is 0 Å². The molecule has 3 heteroatoms. The average Bonchev–Trinajstić information content (AvgIpc) is 2.08. The zero-order valence-electron chi connectivity index (χ0n) is 7.51. The van der Waals surface area contributed by atoms with Gasteiger partial charge in [0.25, 0.3) is 0 Å². The molecule has 1 amide bonds. The maximum absolute atomic E-state index is 10.7. The summed E-state index contributed by atoms with van der Waals surface area (Å²) in [5.41, 5.74) is 2.17. The molecule has 0 saturated heterocycles. The minimum absolute atomic E-state index is 0.0263. The third-order valence-electron chi connectivity index (χ3n) is 1.66. The van der Waals surface area contributed by atoms with Gasteiger partial charge in [0, 0.05) is 17.0 Å². The van der Waals surface area contributed by atoms with Gasteiger partial charge < -0.3 is 5.32 Å². The van der Waals surface area contributed by atoms with Crippen LogP contribution in [-0.4, -0.2) is 10.3 Å². The fraction of sp³-hybridized carbons (Fsp3) is 0.300. The van der Waals surface area contributed by atoms with Crippen molar-refractivity contribution in [2.45, 2.75) is 13.3 Å². The van der Waals surface area contributed by atoms with Crippen LogP contribution in [-0.2, 0) is 11.2 Å². The van der Waals surface area contributed by atoms with Crippen molar-refractivity contribution >= 4 is 34.2 Å². The van der Waals surface area contributed by atoms with E-state index in [1.807, 2.05) is 24.3 Å². The van der Waals surface area contributed by atoms with Crippen LogP contribution in [0.5, 0.6) is 0 Å². The molecule has 0 fully saturated rings. The lowest BCUT2D eigenvalue weighted by Gasteiger charge is -2.02. The predicted molar refractivity (Wildman–Crippen MR) is 63.3 cm³/mol. The second-order valence-corrected chi connectivity index (χ2v) is 3.90. The van der Waals surface area contributed by atoms with E-state index in [-0.39, 0.29) is 5.91 Å². The minimum atomic E-state index is -0.0263. The molecular formula is C10H12INO. The Morgan fingerprint density at radius 1 is 1.38 bits per heavy atom. The van der Waals surface area contributed by atoms with Gasteiger partial charge in [-0.1, -0.05) is 34.7 Å². The van der Waals surface area contributed by atoms with Crippen molar-refractivity contribution in [2.24, 2.45) is 0 Å². The summed E-state index contributed by atoms with van der Waals surface area (Å²) in [5.74, 6) is -0.0263. The van der Waals surface area contributed by atoms with E-state index in [2.05, 4.69) is 27.9 Å². The van der Waals surface area contributed by atoms with Gasteiger partial charge in [0.05, 0.1) is 0 Å². The van der Waals surface area contributed by atoms with Crippen LogP contribution in [0, 0.1) is 0 Å². The van der Waals surface area contributed by atoms with Gasteiger partial charge >= 0.3 is 0 Å². The Morgan fingerprint density at radius 3 is 2.46 bits per heavy atom. The third-order valence-corrected chi connectivity index (χ3v) is 2.20. The van der Waals surface area contributed by atoms with E-state index in [1.54, 1.807) is 0 Å². The summed E-state index contributed by atoms with van der Waals surface area (Å²) < 4.78 is 1.12. The summed E-state index contributed by atoms with van der Waals surface area (Å²) in [5, 5.41) is 2.73. The van der Waals surface area contributed by atoms with E-state index in [0.717, 1.165) is 16.5 Å². The molecule has 0 aromatic heterocycles. The Kier molecular flexibility index (Phi) is 4.21. The topological polar surface area (TPSA) is 29.1 Å². The second-order valence-electron chi connectivity index (χ2n) is 2.82. The van der Waals surface area contributed by atoms with Gasteiger partial charge in [-0.3, -0.25) is 4.79 Å². The smallest absolute Gasteiger partial charge is 0.221 e. The highest BCUT2D eigenvalue weighted by Crippen LogP contribution is 2.10. The van der Waals surface area contributed by atoms with E-state index in [4.69, 9.17) is 0 Å². The number of halogens is 1. The molecule has 13 heavy (non-hydrogen) atoms. The van der Waals surface area contributed by atoms with Crippen LogP contribution in [0.3, 0.4) is 0 Å². The second kappa shape index (κ2) is 5.21. The van der Waals surface area contributed by atoms with Crippen molar-refractivity contribution in [3.05, 3.63) is 29.8 Å². The van der Waals surface area contributed by atoms with Gasteiger partial charge in [-0.2, -0.15) is 0 Å². The molecule has 0 bridgehead atoms. The molecule has 0 aliphatic heterocycles. The lowest BCUT2D eigenvalue weighted by Crippen LogP contribution is -2.05. The number of anilines is 1. The first kappa shape index (κ1) is 10.5. The number of nitrogens with one attached hydrogen (secondary N) is 1. The van der Waals surface area contributed by atoms with Gasteiger partial charge in [0.15, 0.2) is 0 Å². The largest absolute Gasteiger partial charge is 0.326 e. The van der Waals surface area contributed by atoms with E-state index in [1.165, 1.54) is 12.5 Å². The molecule has 70 valence electrons. The van der Waals surface area contributed by atoms with Crippen molar-refractivity contribution in [2.75, 3.05) is 9.74 Å². The third kappa shape index (κ3) is 3.76. The Balaban J connectivity index is 2.64. The van der Waals surface area contributed by atoms with Crippen LogP contribution >= 0.6 is 22.6 Å². The van der Waals surface area contributed by atoms with E-state index in [0.29, 0.717) is 0 Å². The van der Waals surface area contributed by atoms with Gasteiger partial charge in [-0.25, -0.2) is 0 Å². The van der Waals surface area contributed by atoms with Crippen LogP contribution < -0.4 is 5.32 Å². The summed E-state index contributed by atoms with van der Waals surface area (Å²) in [4.78, 5) is 10.7. The van der Waals surface area contributed by atoms with E-state index in [9.17, 15) is 4.79 Å². The molecule has 2 nitrogen and oxygen atoms in total. The standard InChI is InChI=1S/C10H12INO/c1-8(13)12-10-4-2-9(3-5-10)6-7-11/h2-5H,6-7H2,1H3,(H,12,13). The summed E-state index contributed by atoms with van der Waals surface area (Å²) in [6, 6.07) is 7.96. The fourth-order valence-corrected chi connectivity index (χ4v) is 1.69. The molecule has 1 aromatic carbocycles. The zero-order valence-corrected chi connectivity index (χ0v) is 9.67. The maximum Gasteiger partial charge on any atom is 0.221 e. The number of rotatable bonds is 3. The highest BCUT2D eigenvalue weighted by molar-refractivity contribution is 14.1. The van der Waals surface area contributed by atoms with Crippen LogP contribution in [0.15, 0.2) is 24.3 Å². The lowest BCUT2D eigenvalue weighted by atomic mass is 10.1. The van der Waals surface area contributed by atoms with Gasteiger partial charge in [-0.05, 0) is 24.1 Å². The molecule has 1 aromatic rings. The monoisotopic (exact) mass is 289 g/mol. The number of alkyl halides is 1. The first-order valence-corrected chi connectivity index (χ1v) is 5.67. The molecule has 1 rings (SSSR count). The molecule has 0 atom stereocenters. The number of benzene rings is 1. The van der Waals surface area contributed by atoms with Crippen LogP contribution in [0.2, 0.25) is 0 Å². The molecular weight excluding hydrogens is 277 g/mol. The zero-order chi connectivity index (χ0) is 9.68. The Labute approximate surface area is 91.9 Å². The maximum atomic E-state index is 10.7. The van der Waals surface area contributed by atoms with Crippen molar-refractivity contribution in [1.82, 2.24) is 0 Å². The molecule has 0 aliphatic carbocycles. The SMILES string of the molecule is CC(=O)Nc1ccc(CCI)cc1. The molecule has 0 aliphatic rings.